The lowest BCUT2D eigenvalue weighted by atomic mass is 10.1. The molecule has 0 radical (unpaired) electrons. The van der Waals surface area contributed by atoms with Crippen molar-refractivity contribution in [1.29, 1.82) is 0 Å². The average Bonchev–Trinajstić information content (AvgIpc) is 2.73. The first-order valence-corrected chi connectivity index (χ1v) is 5.20. The number of hydrogen-bond donors (Lipinski definition) is 0. The highest BCUT2D eigenvalue weighted by Crippen LogP contribution is 2.21. The van der Waals surface area contributed by atoms with Crippen LogP contribution in [0.3, 0.4) is 0 Å². The molecule has 2 heterocycles. The second-order valence-electron chi connectivity index (χ2n) is 3.77. The predicted molar refractivity (Wildman–Crippen MR) is 63.2 cm³/mol. The Morgan fingerprint density at radius 3 is 2.81 bits per heavy atom. The van der Waals surface area contributed by atoms with E-state index in [1.807, 2.05) is 35.0 Å². The van der Waals surface area contributed by atoms with Gasteiger partial charge >= 0.3 is 0 Å². The summed E-state index contributed by atoms with van der Waals surface area (Å²) in [6.45, 7) is 2.09. The van der Waals surface area contributed by atoms with Crippen LogP contribution in [0.15, 0.2) is 48.9 Å². The van der Waals surface area contributed by atoms with Crippen molar-refractivity contribution in [3.63, 3.8) is 0 Å². The molecule has 78 valence electrons. The average molecular weight is 209 g/mol. The van der Waals surface area contributed by atoms with Gasteiger partial charge in [-0.25, -0.2) is 9.97 Å². The Morgan fingerprint density at radius 2 is 2.00 bits per heavy atom. The van der Waals surface area contributed by atoms with Gasteiger partial charge in [0.2, 0.25) is 5.78 Å². The van der Waals surface area contributed by atoms with Gasteiger partial charge < -0.3 is 0 Å². The molecule has 0 unspecified atom stereocenters. The van der Waals surface area contributed by atoms with E-state index in [1.165, 1.54) is 5.56 Å². The first kappa shape index (κ1) is 9.09. The minimum atomic E-state index is 0.737. The van der Waals surface area contributed by atoms with Gasteiger partial charge in [0.1, 0.15) is 0 Å². The zero-order valence-electron chi connectivity index (χ0n) is 8.96. The van der Waals surface area contributed by atoms with Crippen molar-refractivity contribution < 1.29 is 0 Å². The smallest absolute Gasteiger partial charge is 0.234 e. The van der Waals surface area contributed by atoms with Gasteiger partial charge in [-0.1, -0.05) is 24.3 Å². The zero-order valence-corrected chi connectivity index (χ0v) is 8.96. The van der Waals surface area contributed by atoms with E-state index in [9.17, 15) is 0 Å². The van der Waals surface area contributed by atoms with Crippen LogP contribution in [0.5, 0.6) is 0 Å². The molecule has 3 rings (SSSR count). The third kappa shape index (κ3) is 1.37. The van der Waals surface area contributed by atoms with Crippen molar-refractivity contribution in [1.82, 2.24) is 14.4 Å². The summed E-state index contributed by atoms with van der Waals surface area (Å²) in [5, 5.41) is 0. The molecule has 2 aromatic heterocycles. The molecule has 0 saturated heterocycles. The highest BCUT2D eigenvalue weighted by Gasteiger charge is 2.06. The van der Waals surface area contributed by atoms with Crippen LogP contribution in [-0.4, -0.2) is 14.4 Å². The van der Waals surface area contributed by atoms with E-state index in [0.29, 0.717) is 0 Å². The van der Waals surface area contributed by atoms with Crippen molar-refractivity contribution in [3.05, 3.63) is 54.5 Å². The quantitative estimate of drug-likeness (QED) is 0.616. The largest absolute Gasteiger partial charge is 0.291 e. The van der Waals surface area contributed by atoms with Crippen LogP contribution in [-0.2, 0) is 0 Å². The Kier molecular flexibility index (Phi) is 1.96. The molecular weight excluding hydrogens is 198 g/mol. The number of benzene rings is 1. The van der Waals surface area contributed by atoms with Crippen LogP contribution in [0.4, 0.5) is 0 Å². The molecule has 0 bridgehead atoms. The first-order chi connectivity index (χ1) is 7.84. The number of nitrogens with zero attached hydrogens (tertiary/aromatic N) is 3. The molecule has 0 spiro atoms. The van der Waals surface area contributed by atoms with Crippen LogP contribution < -0.4 is 0 Å². The fourth-order valence-corrected chi connectivity index (χ4v) is 1.82. The van der Waals surface area contributed by atoms with Gasteiger partial charge in [-0.05, 0) is 18.6 Å². The number of rotatable bonds is 1. The van der Waals surface area contributed by atoms with Gasteiger partial charge in [-0.15, -0.1) is 0 Å². The van der Waals surface area contributed by atoms with Crippen molar-refractivity contribution in [2.75, 3.05) is 0 Å². The van der Waals surface area contributed by atoms with Gasteiger partial charge in [0, 0.05) is 24.2 Å². The standard InChI is InChI=1S/C13H11N3/c1-10-5-2-3-6-11(10)12-9-16-8-4-7-14-13(16)15-12/h2-9H,1H3. The molecule has 0 aliphatic heterocycles. The third-order valence-electron chi connectivity index (χ3n) is 2.66. The van der Waals surface area contributed by atoms with Crippen LogP contribution in [0, 0.1) is 6.92 Å². The molecular formula is C13H11N3. The summed E-state index contributed by atoms with van der Waals surface area (Å²) in [5.41, 5.74) is 3.36. The molecule has 0 aliphatic rings. The van der Waals surface area contributed by atoms with E-state index in [1.54, 1.807) is 6.20 Å². The lowest BCUT2D eigenvalue weighted by Crippen LogP contribution is -1.83. The number of hydrogen-bond acceptors (Lipinski definition) is 2. The molecule has 3 aromatic rings. The summed E-state index contributed by atoms with van der Waals surface area (Å²) >= 11 is 0. The van der Waals surface area contributed by atoms with Crippen molar-refractivity contribution in [3.8, 4) is 11.3 Å². The topological polar surface area (TPSA) is 30.2 Å². The summed E-state index contributed by atoms with van der Waals surface area (Å²) in [6.07, 6.45) is 5.71. The lowest BCUT2D eigenvalue weighted by molar-refractivity contribution is 1.11. The number of imidazole rings is 1. The van der Waals surface area contributed by atoms with Gasteiger partial charge in [0.05, 0.1) is 5.69 Å². The molecule has 0 saturated carbocycles. The summed E-state index contributed by atoms with van der Waals surface area (Å²) in [4.78, 5) is 8.70. The second kappa shape index (κ2) is 3.45. The van der Waals surface area contributed by atoms with Crippen LogP contribution >= 0.6 is 0 Å². The Balaban J connectivity index is 2.23. The highest BCUT2D eigenvalue weighted by molar-refractivity contribution is 5.64. The summed E-state index contributed by atoms with van der Waals surface area (Å²) in [6, 6.07) is 10.1. The van der Waals surface area contributed by atoms with Crippen LogP contribution in [0.2, 0.25) is 0 Å². The maximum Gasteiger partial charge on any atom is 0.234 e. The lowest BCUT2D eigenvalue weighted by Gasteiger charge is -1.99. The van der Waals surface area contributed by atoms with E-state index in [-0.39, 0.29) is 0 Å². The Bertz CT molecular complexity index is 607. The van der Waals surface area contributed by atoms with Gasteiger partial charge in [0.15, 0.2) is 0 Å². The Hall–Kier alpha value is -2.16. The number of fused-ring (bicyclic) bond motifs is 1. The second-order valence-corrected chi connectivity index (χ2v) is 3.77. The SMILES string of the molecule is Cc1ccccc1-c1cn2cccnc2n1. The van der Waals surface area contributed by atoms with Crippen LogP contribution in [0.1, 0.15) is 5.56 Å². The molecule has 0 amide bonds. The third-order valence-corrected chi connectivity index (χ3v) is 2.66. The molecule has 0 fully saturated rings. The zero-order chi connectivity index (χ0) is 11.0. The molecule has 3 nitrogen and oxygen atoms in total. The van der Waals surface area contributed by atoms with Crippen LogP contribution in [0.25, 0.3) is 17.0 Å². The minimum Gasteiger partial charge on any atom is -0.291 e. The molecule has 1 aromatic carbocycles. The fourth-order valence-electron chi connectivity index (χ4n) is 1.82. The normalized spacial score (nSPS) is 10.8. The Morgan fingerprint density at radius 1 is 1.12 bits per heavy atom. The molecule has 16 heavy (non-hydrogen) atoms. The molecule has 3 heteroatoms. The minimum absolute atomic E-state index is 0.737. The van der Waals surface area contributed by atoms with E-state index >= 15 is 0 Å². The summed E-state index contributed by atoms with van der Waals surface area (Å²) < 4.78 is 1.93. The monoisotopic (exact) mass is 209 g/mol. The van der Waals surface area contributed by atoms with E-state index in [4.69, 9.17) is 0 Å². The highest BCUT2D eigenvalue weighted by atomic mass is 15.1. The maximum atomic E-state index is 4.50. The van der Waals surface area contributed by atoms with Gasteiger partial charge in [-0.2, -0.15) is 0 Å². The molecule has 0 atom stereocenters. The van der Waals surface area contributed by atoms with E-state index in [0.717, 1.165) is 17.0 Å². The molecule has 0 N–H and O–H groups in total. The van der Waals surface area contributed by atoms with Crippen molar-refractivity contribution in [2.24, 2.45) is 0 Å². The number of aryl methyl sites for hydroxylation is 1. The van der Waals surface area contributed by atoms with Crippen molar-refractivity contribution >= 4 is 5.78 Å². The van der Waals surface area contributed by atoms with E-state index in [2.05, 4.69) is 29.0 Å². The summed E-state index contributed by atoms with van der Waals surface area (Å²) in [7, 11) is 0. The first-order valence-electron chi connectivity index (χ1n) is 5.20. The maximum absolute atomic E-state index is 4.50. The molecule has 0 aliphatic carbocycles. The fraction of sp³-hybridized carbons (Fsp3) is 0.0769. The Labute approximate surface area is 93.4 Å². The summed E-state index contributed by atoms with van der Waals surface area (Å²) in [5.74, 6) is 0.737. The van der Waals surface area contributed by atoms with E-state index < -0.39 is 0 Å². The van der Waals surface area contributed by atoms with Gasteiger partial charge in [0.25, 0.3) is 0 Å². The number of aromatic nitrogens is 3. The van der Waals surface area contributed by atoms with Gasteiger partial charge in [-0.3, -0.25) is 4.40 Å². The predicted octanol–water partition coefficient (Wildman–Crippen LogP) is 2.70. The van der Waals surface area contributed by atoms with Crippen molar-refractivity contribution in [2.45, 2.75) is 6.92 Å².